The fourth-order valence-corrected chi connectivity index (χ4v) is 1.84. The molecule has 0 aliphatic rings. The molecule has 92 valence electrons. The first-order valence-electron chi connectivity index (χ1n) is 4.56. The van der Waals surface area contributed by atoms with E-state index in [1.807, 2.05) is 13.8 Å². The molecule has 0 aliphatic carbocycles. The molecule has 1 aromatic rings. The van der Waals surface area contributed by atoms with Crippen LogP contribution in [0.1, 0.15) is 10.6 Å². The summed E-state index contributed by atoms with van der Waals surface area (Å²) in [4.78, 5) is 16.8. The molecule has 1 rings (SSSR count). The second kappa shape index (κ2) is 6.80. The van der Waals surface area contributed by atoms with Gasteiger partial charge >= 0.3 is 0 Å². The Bertz CT molecular complexity index is 333. The summed E-state index contributed by atoms with van der Waals surface area (Å²) in [6, 6.07) is 0. The van der Waals surface area contributed by atoms with Gasteiger partial charge in [0.1, 0.15) is 6.10 Å². The number of aryl methyl sites for hydroxylation is 2. The molecule has 1 heterocycles. The molecule has 1 aromatic heterocycles. The summed E-state index contributed by atoms with van der Waals surface area (Å²) in [5.74, 6) is -0.256. The van der Waals surface area contributed by atoms with Crippen LogP contribution in [0.15, 0.2) is 0 Å². The maximum absolute atomic E-state index is 11.5. The van der Waals surface area contributed by atoms with Crippen molar-refractivity contribution in [3.63, 3.8) is 0 Å². The van der Waals surface area contributed by atoms with E-state index in [4.69, 9.17) is 10.5 Å². The average molecular weight is 266 g/mol. The third-order valence-electron chi connectivity index (χ3n) is 2.05. The number of amides is 1. The van der Waals surface area contributed by atoms with Crippen LogP contribution < -0.4 is 11.1 Å². The minimum atomic E-state index is -0.616. The van der Waals surface area contributed by atoms with Gasteiger partial charge < -0.3 is 10.5 Å². The van der Waals surface area contributed by atoms with Gasteiger partial charge in [-0.3, -0.25) is 10.1 Å². The van der Waals surface area contributed by atoms with Gasteiger partial charge in [-0.05, 0) is 13.8 Å². The van der Waals surface area contributed by atoms with Gasteiger partial charge in [-0.15, -0.1) is 23.7 Å². The van der Waals surface area contributed by atoms with E-state index in [-0.39, 0.29) is 24.9 Å². The van der Waals surface area contributed by atoms with Gasteiger partial charge in [0, 0.05) is 18.5 Å². The van der Waals surface area contributed by atoms with E-state index < -0.39 is 6.10 Å². The van der Waals surface area contributed by atoms with Crippen molar-refractivity contribution in [3.05, 3.63) is 10.6 Å². The number of anilines is 1. The molecule has 0 bridgehead atoms. The summed E-state index contributed by atoms with van der Waals surface area (Å²) in [5.41, 5.74) is 6.30. The molecule has 0 fully saturated rings. The summed E-state index contributed by atoms with van der Waals surface area (Å²) in [5, 5.41) is 3.26. The third kappa shape index (κ3) is 3.71. The van der Waals surface area contributed by atoms with E-state index in [0.29, 0.717) is 5.13 Å². The Morgan fingerprint density at radius 2 is 2.25 bits per heavy atom. The second-order valence-electron chi connectivity index (χ2n) is 3.11. The summed E-state index contributed by atoms with van der Waals surface area (Å²) in [7, 11) is 1.45. The SMILES string of the molecule is COC(CN)C(=O)Nc1nc(C)c(C)s1.Cl. The topological polar surface area (TPSA) is 77.2 Å². The summed E-state index contributed by atoms with van der Waals surface area (Å²) >= 11 is 1.44. The number of hydrogen-bond donors (Lipinski definition) is 2. The van der Waals surface area contributed by atoms with Gasteiger partial charge in [0.25, 0.3) is 5.91 Å². The molecule has 1 atom stereocenters. The van der Waals surface area contributed by atoms with Gasteiger partial charge in [0.15, 0.2) is 5.13 Å². The molecule has 0 radical (unpaired) electrons. The minimum Gasteiger partial charge on any atom is -0.370 e. The summed E-state index contributed by atoms with van der Waals surface area (Å²) in [6.45, 7) is 4.02. The number of nitrogens with zero attached hydrogens (tertiary/aromatic N) is 1. The number of hydrogen-bond acceptors (Lipinski definition) is 5. The molecule has 3 N–H and O–H groups in total. The van der Waals surface area contributed by atoms with Crippen LogP contribution in [0.5, 0.6) is 0 Å². The predicted molar refractivity (Wildman–Crippen MR) is 67.3 cm³/mol. The van der Waals surface area contributed by atoms with Crippen LogP contribution in [0.3, 0.4) is 0 Å². The van der Waals surface area contributed by atoms with Crippen molar-refractivity contribution in [3.8, 4) is 0 Å². The number of nitrogens with two attached hydrogens (primary N) is 1. The number of methoxy groups -OCH3 is 1. The van der Waals surface area contributed by atoms with Gasteiger partial charge in [0.2, 0.25) is 0 Å². The maximum Gasteiger partial charge on any atom is 0.256 e. The Kier molecular flexibility index (Phi) is 6.51. The molecule has 5 nitrogen and oxygen atoms in total. The van der Waals surface area contributed by atoms with Crippen molar-refractivity contribution in [1.82, 2.24) is 4.98 Å². The number of halogens is 1. The van der Waals surface area contributed by atoms with Crippen molar-refractivity contribution in [1.29, 1.82) is 0 Å². The average Bonchev–Trinajstić information content (AvgIpc) is 2.47. The van der Waals surface area contributed by atoms with Gasteiger partial charge in [-0.25, -0.2) is 4.98 Å². The number of carbonyl (C=O) groups is 1. The standard InChI is InChI=1S/C9H15N3O2S.ClH/c1-5-6(2)15-9(11-5)12-8(13)7(4-10)14-3;/h7H,4,10H2,1-3H3,(H,11,12,13);1H. The zero-order valence-corrected chi connectivity index (χ0v) is 11.1. The number of ether oxygens (including phenoxy) is 1. The number of thiazole rings is 1. The molecule has 0 aliphatic heterocycles. The summed E-state index contributed by atoms with van der Waals surface area (Å²) < 4.78 is 4.91. The molecular weight excluding hydrogens is 250 g/mol. The third-order valence-corrected chi connectivity index (χ3v) is 3.04. The highest BCUT2D eigenvalue weighted by atomic mass is 35.5. The quantitative estimate of drug-likeness (QED) is 0.855. The van der Waals surface area contributed by atoms with E-state index >= 15 is 0 Å². The first-order chi connectivity index (χ1) is 7.08. The normalized spacial score (nSPS) is 11.8. The number of carbonyl (C=O) groups excluding carboxylic acids is 1. The lowest BCUT2D eigenvalue weighted by molar-refractivity contribution is -0.125. The van der Waals surface area contributed by atoms with E-state index in [1.165, 1.54) is 18.4 Å². The summed E-state index contributed by atoms with van der Waals surface area (Å²) in [6.07, 6.45) is -0.616. The zero-order valence-electron chi connectivity index (χ0n) is 9.44. The zero-order chi connectivity index (χ0) is 11.4. The van der Waals surface area contributed by atoms with Crippen molar-refractivity contribution >= 4 is 34.8 Å². The van der Waals surface area contributed by atoms with E-state index in [0.717, 1.165) is 10.6 Å². The van der Waals surface area contributed by atoms with Gasteiger partial charge in [-0.1, -0.05) is 0 Å². The Labute approximate surface area is 105 Å². The molecule has 1 amide bonds. The lowest BCUT2D eigenvalue weighted by Crippen LogP contribution is -2.35. The molecule has 0 saturated heterocycles. The molecular formula is C9H16ClN3O2S. The lowest BCUT2D eigenvalue weighted by atomic mass is 10.3. The van der Waals surface area contributed by atoms with Crippen LogP contribution >= 0.6 is 23.7 Å². The van der Waals surface area contributed by atoms with Crippen LogP contribution in [0, 0.1) is 13.8 Å². The molecule has 0 aromatic carbocycles. The molecule has 1 unspecified atom stereocenters. The van der Waals surface area contributed by atoms with Crippen molar-refractivity contribution < 1.29 is 9.53 Å². The number of aromatic nitrogens is 1. The van der Waals surface area contributed by atoms with E-state index in [9.17, 15) is 4.79 Å². The van der Waals surface area contributed by atoms with Crippen LogP contribution in [0.25, 0.3) is 0 Å². The molecule has 7 heteroatoms. The van der Waals surface area contributed by atoms with Crippen LogP contribution in [-0.4, -0.2) is 30.6 Å². The van der Waals surface area contributed by atoms with E-state index in [1.54, 1.807) is 0 Å². The fraction of sp³-hybridized carbons (Fsp3) is 0.556. The number of rotatable bonds is 4. The Hall–Kier alpha value is -0.690. The Balaban J connectivity index is 0.00000225. The monoisotopic (exact) mass is 265 g/mol. The highest BCUT2D eigenvalue weighted by Crippen LogP contribution is 2.21. The largest absolute Gasteiger partial charge is 0.370 e. The Morgan fingerprint density at radius 1 is 1.62 bits per heavy atom. The predicted octanol–water partition coefficient (Wildman–Crippen LogP) is 1.09. The van der Waals surface area contributed by atoms with Crippen molar-refractivity contribution in [2.75, 3.05) is 19.0 Å². The van der Waals surface area contributed by atoms with Crippen LogP contribution in [-0.2, 0) is 9.53 Å². The first-order valence-corrected chi connectivity index (χ1v) is 5.38. The number of nitrogens with one attached hydrogen (secondary N) is 1. The molecule has 16 heavy (non-hydrogen) atoms. The first kappa shape index (κ1) is 15.3. The fourth-order valence-electron chi connectivity index (χ4n) is 1.02. The highest BCUT2D eigenvalue weighted by molar-refractivity contribution is 7.15. The van der Waals surface area contributed by atoms with Gasteiger partial charge in [0.05, 0.1) is 5.69 Å². The highest BCUT2D eigenvalue weighted by Gasteiger charge is 2.17. The van der Waals surface area contributed by atoms with Gasteiger partial charge in [-0.2, -0.15) is 0 Å². The minimum absolute atomic E-state index is 0. The lowest BCUT2D eigenvalue weighted by Gasteiger charge is -2.10. The smallest absolute Gasteiger partial charge is 0.256 e. The Morgan fingerprint density at radius 3 is 2.62 bits per heavy atom. The molecule has 0 saturated carbocycles. The van der Waals surface area contributed by atoms with E-state index in [2.05, 4.69) is 10.3 Å². The van der Waals surface area contributed by atoms with Crippen LogP contribution in [0.2, 0.25) is 0 Å². The van der Waals surface area contributed by atoms with Crippen molar-refractivity contribution in [2.24, 2.45) is 5.73 Å². The molecule has 0 spiro atoms. The maximum atomic E-state index is 11.5. The second-order valence-corrected chi connectivity index (χ2v) is 4.31. The van der Waals surface area contributed by atoms with Crippen molar-refractivity contribution in [2.45, 2.75) is 20.0 Å². The van der Waals surface area contributed by atoms with Crippen LogP contribution in [0.4, 0.5) is 5.13 Å².